The molecule has 1 heterocycles. The molecule has 0 aromatic heterocycles. The highest BCUT2D eigenvalue weighted by molar-refractivity contribution is 6.46. The Labute approximate surface area is 192 Å². The van der Waals surface area contributed by atoms with Crippen molar-refractivity contribution < 1.29 is 18.7 Å². The number of aryl methyl sites for hydroxylation is 1. The van der Waals surface area contributed by atoms with Gasteiger partial charge in [-0.15, -0.1) is 0 Å². The van der Waals surface area contributed by atoms with Gasteiger partial charge in [0.15, 0.2) is 0 Å². The Morgan fingerprint density at radius 3 is 2.12 bits per heavy atom. The van der Waals surface area contributed by atoms with Crippen molar-refractivity contribution in [3.63, 3.8) is 0 Å². The van der Waals surface area contributed by atoms with E-state index < -0.39 is 17.6 Å². The highest BCUT2D eigenvalue weighted by Crippen LogP contribution is 2.34. The van der Waals surface area contributed by atoms with E-state index in [4.69, 9.17) is 4.74 Å². The number of benzene rings is 3. The van der Waals surface area contributed by atoms with Gasteiger partial charge in [-0.1, -0.05) is 38.1 Å². The Bertz CT molecular complexity index is 1180. The molecule has 0 saturated heterocycles. The first-order valence-corrected chi connectivity index (χ1v) is 11.0. The molecule has 6 heteroatoms. The molecule has 0 fully saturated rings. The highest BCUT2D eigenvalue weighted by atomic mass is 19.1. The lowest BCUT2D eigenvalue weighted by Gasteiger charge is -2.15. The molecule has 0 bridgehead atoms. The number of anilines is 2. The van der Waals surface area contributed by atoms with Crippen LogP contribution in [0.4, 0.5) is 15.8 Å². The monoisotopic (exact) mass is 444 g/mol. The van der Waals surface area contributed by atoms with Crippen LogP contribution in [0.5, 0.6) is 5.75 Å². The molecule has 0 saturated carbocycles. The smallest absolute Gasteiger partial charge is 0.282 e. The molecule has 2 amide bonds. The van der Waals surface area contributed by atoms with Gasteiger partial charge < -0.3 is 10.1 Å². The van der Waals surface area contributed by atoms with E-state index in [9.17, 15) is 14.0 Å². The second kappa shape index (κ2) is 9.69. The van der Waals surface area contributed by atoms with Crippen LogP contribution in [0.2, 0.25) is 0 Å². The fourth-order valence-corrected chi connectivity index (χ4v) is 3.64. The summed E-state index contributed by atoms with van der Waals surface area (Å²) in [5.74, 6) is -0.713. The van der Waals surface area contributed by atoms with Crippen molar-refractivity contribution in [2.75, 3.05) is 16.8 Å². The normalized spacial score (nSPS) is 13.6. The number of halogens is 1. The largest absolute Gasteiger partial charge is 0.494 e. The lowest BCUT2D eigenvalue weighted by atomic mass is 10.0. The first-order chi connectivity index (χ1) is 16.0. The van der Waals surface area contributed by atoms with Crippen molar-refractivity contribution >= 4 is 28.8 Å². The van der Waals surface area contributed by atoms with E-state index in [1.165, 1.54) is 29.8 Å². The van der Waals surface area contributed by atoms with Gasteiger partial charge in [-0.05, 0) is 72.5 Å². The molecule has 5 nitrogen and oxygen atoms in total. The number of imide groups is 1. The Hall–Kier alpha value is -3.93. The minimum Gasteiger partial charge on any atom is -0.494 e. The molecule has 3 aromatic rings. The quantitative estimate of drug-likeness (QED) is 0.461. The van der Waals surface area contributed by atoms with Crippen molar-refractivity contribution in [2.45, 2.75) is 26.7 Å². The van der Waals surface area contributed by atoms with Gasteiger partial charge in [-0.2, -0.15) is 0 Å². The topological polar surface area (TPSA) is 58.6 Å². The lowest BCUT2D eigenvalue weighted by molar-refractivity contribution is -0.120. The van der Waals surface area contributed by atoms with Crippen LogP contribution in [0.1, 0.15) is 31.4 Å². The van der Waals surface area contributed by atoms with Crippen LogP contribution < -0.4 is 15.0 Å². The molecule has 168 valence electrons. The van der Waals surface area contributed by atoms with Gasteiger partial charge in [-0.25, -0.2) is 9.29 Å². The van der Waals surface area contributed by atoms with Gasteiger partial charge in [-0.3, -0.25) is 9.59 Å². The summed E-state index contributed by atoms with van der Waals surface area (Å²) in [5, 5.41) is 3.14. The van der Waals surface area contributed by atoms with E-state index in [-0.39, 0.29) is 11.3 Å². The van der Waals surface area contributed by atoms with Crippen molar-refractivity contribution in [2.24, 2.45) is 0 Å². The summed E-state index contributed by atoms with van der Waals surface area (Å²) in [5.41, 5.74) is 3.20. The third-order valence-electron chi connectivity index (χ3n) is 5.42. The van der Waals surface area contributed by atoms with E-state index in [1.807, 2.05) is 31.2 Å². The molecule has 0 spiro atoms. The van der Waals surface area contributed by atoms with E-state index in [0.717, 1.165) is 17.7 Å². The van der Waals surface area contributed by atoms with Crippen LogP contribution in [0.15, 0.2) is 78.5 Å². The molecule has 3 aromatic carbocycles. The third-order valence-corrected chi connectivity index (χ3v) is 5.42. The SMILES string of the molecule is CCCOc1ccc(C2=C(Nc3ccc(CC)cc3)C(=O)N(c3ccc(F)cc3)C2=O)cc1. The standard InChI is InChI=1S/C27H25FN2O3/c1-3-17-33-23-15-7-19(8-16-23)24-25(29-21-11-5-18(4-2)6-12-21)27(32)30(26(24)31)22-13-9-20(28)10-14-22/h5-16,29H,3-4,17H2,1-2H3. The number of nitrogens with zero attached hydrogens (tertiary/aromatic N) is 1. The number of rotatable bonds is 8. The van der Waals surface area contributed by atoms with Gasteiger partial charge in [0.1, 0.15) is 17.3 Å². The molecule has 0 atom stereocenters. The molecule has 1 N–H and O–H groups in total. The fraction of sp³-hybridized carbons (Fsp3) is 0.185. The van der Waals surface area contributed by atoms with E-state index >= 15 is 0 Å². The number of ether oxygens (including phenoxy) is 1. The van der Waals surface area contributed by atoms with Crippen molar-refractivity contribution in [1.82, 2.24) is 0 Å². The van der Waals surface area contributed by atoms with E-state index in [2.05, 4.69) is 12.2 Å². The molecule has 0 unspecified atom stereocenters. The zero-order valence-corrected chi connectivity index (χ0v) is 18.6. The van der Waals surface area contributed by atoms with Crippen molar-refractivity contribution in [3.05, 3.63) is 95.4 Å². The number of hydrogen-bond donors (Lipinski definition) is 1. The van der Waals surface area contributed by atoms with Crippen LogP contribution in [0.3, 0.4) is 0 Å². The van der Waals surface area contributed by atoms with Crippen LogP contribution in [-0.2, 0) is 16.0 Å². The Kier molecular flexibility index (Phi) is 6.54. The second-order valence-electron chi connectivity index (χ2n) is 7.72. The third kappa shape index (κ3) is 4.65. The molecule has 4 rings (SSSR count). The molecule has 0 radical (unpaired) electrons. The minimum absolute atomic E-state index is 0.177. The fourth-order valence-electron chi connectivity index (χ4n) is 3.64. The van der Waals surface area contributed by atoms with Crippen LogP contribution in [-0.4, -0.2) is 18.4 Å². The van der Waals surface area contributed by atoms with Gasteiger partial charge in [0.05, 0.1) is 17.9 Å². The van der Waals surface area contributed by atoms with Crippen LogP contribution >= 0.6 is 0 Å². The summed E-state index contributed by atoms with van der Waals surface area (Å²) in [6, 6.07) is 20.1. The predicted octanol–water partition coefficient (Wildman–Crippen LogP) is 5.57. The van der Waals surface area contributed by atoms with Crippen molar-refractivity contribution in [1.29, 1.82) is 0 Å². The highest BCUT2D eigenvalue weighted by Gasteiger charge is 2.40. The van der Waals surface area contributed by atoms with E-state index in [1.54, 1.807) is 24.3 Å². The summed E-state index contributed by atoms with van der Waals surface area (Å²) in [7, 11) is 0. The number of nitrogens with one attached hydrogen (secondary N) is 1. The lowest BCUT2D eigenvalue weighted by Crippen LogP contribution is -2.32. The number of carbonyl (C=O) groups excluding carboxylic acids is 2. The molecule has 0 aliphatic carbocycles. The number of hydrogen-bond acceptors (Lipinski definition) is 4. The molecule has 1 aliphatic rings. The Morgan fingerprint density at radius 1 is 0.848 bits per heavy atom. The maximum absolute atomic E-state index is 13.4. The molecule has 1 aliphatic heterocycles. The zero-order chi connectivity index (χ0) is 23.4. The van der Waals surface area contributed by atoms with Gasteiger partial charge >= 0.3 is 0 Å². The number of amides is 2. The summed E-state index contributed by atoms with van der Waals surface area (Å²) in [4.78, 5) is 27.9. The maximum Gasteiger partial charge on any atom is 0.282 e. The Morgan fingerprint density at radius 2 is 1.52 bits per heavy atom. The molecular formula is C27H25FN2O3. The average molecular weight is 445 g/mol. The second-order valence-corrected chi connectivity index (χ2v) is 7.72. The molecule has 33 heavy (non-hydrogen) atoms. The summed E-state index contributed by atoms with van der Waals surface area (Å²) in [6.07, 6.45) is 1.79. The van der Waals surface area contributed by atoms with Crippen LogP contribution in [0, 0.1) is 5.82 Å². The first-order valence-electron chi connectivity index (χ1n) is 11.0. The van der Waals surface area contributed by atoms with Gasteiger partial charge in [0, 0.05) is 5.69 Å². The summed E-state index contributed by atoms with van der Waals surface area (Å²) < 4.78 is 19.1. The maximum atomic E-state index is 13.4. The molecular weight excluding hydrogens is 419 g/mol. The minimum atomic E-state index is -0.493. The Balaban J connectivity index is 1.74. The predicted molar refractivity (Wildman–Crippen MR) is 127 cm³/mol. The summed E-state index contributed by atoms with van der Waals surface area (Å²) >= 11 is 0. The van der Waals surface area contributed by atoms with Gasteiger partial charge in [0.2, 0.25) is 0 Å². The number of carbonyl (C=O) groups is 2. The van der Waals surface area contributed by atoms with Crippen LogP contribution in [0.25, 0.3) is 5.57 Å². The zero-order valence-electron chi connectivity index (χ0n) is 18.6. The van der Waals surface area contributed by atoms with E-state index in [0.29, 0.717) is 29.3 Å². The summed E-state index contributed by atoms with van der Waals surface area (Å²) in [6.45, 7) is 4.69. The average Bonchev–Trinajstić information content (AvgIpc) is 3.08. The first kappa shape index (κ1) is 22.3. The van der Waals surface area contributed by atoms with Crippen molar-refractivity contribution in [3.8, 4) is 5.75 Å². The van der Waals surface area contributed by atoms with Gasteiger partial charge in [0.25, 0.3) is 11.8 Å².